The van der Waals surface area contributed by atoms with Crippen molar-refractivity contribution in [2.24, 2.45) is 0 Å². The average molecular weight is 419 g/mol. The van der Waals surface area contributed by atoms with E-state index in [9.17, 15) is 4.79 Å². The predicted molar refractivity (Wildman–Crippen MR) is 101 cm³/mol. The van der Waals surface area contributed by atoms with Crippen molar-refractivity contribution in [3.63, 3.8) is 0 Å². The molecule has 0 aliphatic carbocycles. The van der Waals surface area contributed by atoms with Crippen LogP contribution in [0.5, 0.6) is 0 Å². The third kappa shape index (κ3) is 3.55. The summed E-state index contributed by atoms with van der Waals surface area (Å²) in [5.41, 5.74) is 4.96. The number of nitrogens with one attached hydrogen (secondary N) is 1. The zero-order chi connectivity index (χ0) is 16.4. The highest BCUT2D eigenvalue weighted by atomic mass is 127. The Morgan fingerprint density at radius 1 is 1.26 bits per heavy atom. The molecule has 0 spiro atoms. The summed E-state index contributed by atoms with van der Waals surface area (Å²) in [6.45, 7) is 4.00. The van der Waals surface area contributed by atoms with E-state index in [1.807, 2.05) is 50.4 Å². The molecule has 0 saturated carbocycles. The summed E-state index contributed by atoms with van der Waals surface area (Å²) in [7, 11) is 0. The molecule has 1 aromatic carbocycles. The first-order chi connectivity index (χ1) is 11.0. The van der Waals surface area contributed by atoms with Crippen LogP contribution in [0.15, 0.2) is 42.6 Å². The van der Waals surface area contributed by atoms with Crippen molar-refractivity contribution in [2.45, 2.75) is 26.7 Å². The minimum Gasteiger partial charge on any atom is -0.326 e. The minimum atomic E-state index is 0.0274. The number of carbonyl (C=O) groups excluding carboxylic acids is 1. The zero-order valence-corrected chi connectivity index (χ0v) is 15.3. The second-order valence-electron chi connectivity index (χ2n) is 5.58. The Balaban J connectivity index is 1.70. The van der Waals surface area contributed by atoms with Gasteiger partial charge in [0.25, 0.3) is 0 Å². The molecule has 1 amide bonds. The van der Waals surface area contributed by atoms with Crippen LogP contribution in [-0.4, -0.2) is 15.3 Å². The van der Waals surface area contributed by atoms with Gasteiger partial charge >= 0.3 is 0 Å². The number of aryl methyl sites for hydroxylation is 3. The summed E-state index contributed by atoms with van der Waals surface area (Å²) in [6, 6.07) is 11.9. The largest absolute Gasteiger partial charge is 0.326 e. The molecule has 0 unspecified atom stereocenters. The summed E-state index contributed by atoms with van der Waals surface area (Å²) in [4.78, 5) is 16.8. The molecule has 0 bridgehead atoms. The Morgan fingerprint density at radius 2 is 2.09 bits per heavy atom. The van der Waals surface area contributed by atoms with Gasteiger partial charge in [0.15, 0.2) is 0 Å². The molecule has 4 nitrogen and oxygen atoms in total. The van der Waals surface area contributed by atoms with Gasteiger partial charge in [-0.2, -0.15) is 0 Å². The molecule has 118 valence electrons. The molecule has 2 heterocycles. The van der Waals surface area contributed by atoms with Crippen LogP contribution in [0.2, 0.25) is 0 Å². The predicted octanol–water partition coefficient (Wildman–Crippen LogP) is 4.13. The number of imidazole rings is 1. The van der Waals surface area contributed by atoms with Crippen LogP contribution in [0.3, 0.4) is 0 Å². The van der Waals surface area contributed by atoms with E-state index in [0.717, 1.165) is 28.3 Å². The highest BCUT2D eigenvalue weighted by Crippen LogP contribution is 2.19. The van der Waals surface area contributed by atoms with E-state index in [1.165, 1.54) is 3.57 Å². The van der Waals surface area contributed by atoms with Crippen molar-refractivity contribution in [3.05, 3.63) is 63.1 Å². The zero-order valence-electron chi connectivity index (χ0n) is 13.1. The Kier molecular flexibility index (Phi) is 4.66. The maximum atomic E-state index is 12.2. The quantitative estimate of drug-likeness (QED) is 0.647. The number of hydrogen-bond acceptors (Lipinski definition) is 2. The van der Waals surface area contributed by atoms with Gasteiger partial charge in [0, 0.05) is 27.6 Å². The standard InChI is InChI=1S/C18H18IN3O/c1-12-11-14(19)6-7-15(12)21-18(23)9-8-16-13(2)20-17-5-3-4-10-22(16)17/h3-7,10-11H,8-9H2,1-2H3,(H,21,23). The molecule has 0 aliphatic rings. The number of fused-ring (bicyclic) bond motifs is 1. The number of carbonyl (C=O) groups is 1. The van der Waals surface area contributed by atoms with Gasteiger partial charge in [0.05, 0.1) is 5.69 Å². The van der Waals surface area contributed by atoms with Crippen molar-refractivity contribution >= 4 is 39.8 Å². The Morgan fingerprint density at radius 3 is 2.87 bits per heavy atom. The molecule has 0 fully saturated rings. The monoisotopic (exact) mass is 419 g/mol. The highest BCUT2D eigenvalue weighted by Gasteiger charge is 2.11. The summed E-state index contributed by atoms with van der Waals surface area (Å²) < 4.78 is 3.22. The SMILES string of the molecule is Cc1cc(I)ccc1NC(=O)CCc1c(C)nc2ccccn12. The topological polar surface area (TPSA) is 46.4 Å². The normalized spacial score (nSPS) is 10.9. The molecule has 0 saturated heterocycles. The molecule has 0 atom stereocenters. The van der Waals surface area contributed by atoms with Crippen LogP contribution in [0.4, 0.5) is 5.69 Å². The minimum absolute atomic E-state index is 0.0274. The van der Waals surface area contributed by atoms with Crippen molar-refractivity contribution < 1.29 is 4.79 Å². The molecule has 3 aromatic rings. The first-order valence-electron chi connectivity index (χ1n) is 7.53. The van der Waals surface area contributed by atoms with Gasteiger partial charge in [-0.05, 0) is 78.8 Å². The lowest BCUT2D eigenvalue weighted by atomic mass is 10.1. The lowest BCUT2D eigenvalue weighted by Gasteiger charge is -2.09. The fourth-order valence-corrected chi connectivity index (χ4v) is 3.32. The molecule has 0 radical (unpaired) electrons. The van der Waals surface area contributed by atoms with E-state index in [2.05, 4.69) is 43.4 Å². The van der Waals surface area contributed by atoms with E-state index in [0.29, 0.717) is 12.8 Å². The molecular formula is C18H18IN3O. The van der Waals surface area contributed by atoms with Gasteiger partial charge in [-0.3, -0.25) is 4.79 Å². The van der Waals surface area contributed by atoms with Crippen molar-refractivity contribution in [3.8, 4) is 0 Å². The van der Waals surface area contributed by atoms with Gasteiger partial charge in [-0.15, -0.1) is 0 Å². The Hall–Kier alpha value is -1.89. The van der Waals surface area contributed by atoms with Crippen LogP contribution >= 0.6 is 22.6 Å². The summed E-state index contributed by atoms with van der Waals surface area (Å²) in [5.74, 6) is 0.0274. The lowest BCUT2D eigenvalue weighted by Crippen LogP contribution is -2.14. The molecule has 0 aliphatic heterocycles. The molecule has 23 heavy (non-hydrogen) atoms. The van der Waals surface area contributed by atoms with Crippen LogP contribution in [-0.2, 0) is 11.2 Å². The van der Waals surface area contributed by atoms with E-state index in [1.54, 1.807) is 0 Å². The summed E-state index contributed by atoms with van der Waals surface area (Å²) in [5, 5.41) is 3.00. The van der Waals surface area contributed by atoms with Gasteiger partial charge in [0.1, 0.15) is 5.65 Å². The van der Waals surface area contributed by atoms with E-state index < -0.39 is 0 Å². The third-order valence-corrected chi connectivity index (χ3v) is 4.55. The number of rotatable bonds is 4. The molecule has 3 rings (SSSR count). The smallest absolute Gasteiger partial charge is 0.224 e. The van der Waals surface area contributed by atoms with Crippen LogP contribution in [0, 0.1) is 17.4 Å². The fourth-order valence-electron chi connectivity index (χ4n) is 2.68. The van der Waals surface area contributed by atoms with Crippen LogP contribution < -0.4 is 5.32 Å². The van der Waals surface area contributed by atoms with Crippen molar-refractivity contribution in [1.82, 2.24) is 9.38 Å². The van der Waals surface area contributed by atoms with E-state index in [4.69, 9.17) is 0 Å². The molecular weight excluding hydrogens is 401 g/mol. The fraction of sp³-hybridized carbons (Fsp3) is 0.222. The second kappa shape index (κ2) is 6.70. The molecule has 2 aromatic heterocycles. The van der Waals surface area contributed by atoms with Gasteiger partial charge in [0.2, 0.25) is 5.91 Å². The van der Waals surface area contributed by atoms with Gasteiger partial charge in [-0.25, -0.2) is 4.98 Å². The Bertz CT molecular complexity index is 870. The molecule has 5 heteroatoms. The summed E-state index contributed by atoms with van der Waals surface area (Å²) in [6.07, 6.45) is 3.10. The first kappa shape index (κ1) is 16.0. The third-order valence-electron chi connectivity index (χ3n) is 3.88. The molecule has 1 N–H and O–H groups in total. The van der Waals surface area contributed by atoms with Crippen molar-refractivity contribution in [1.29, 1.82) is 0 Å². The first-order valence-corrected chi connectivity index (χ1v) is 8.61. The second-order valence-corrected chi connectivity index (χ2v) is 6.83. The number of nitrogens with zero attached hydrogens (tertiary/aromatic N) is 2. The van der Waals surface area contributed by atoms with Crippen LogP contribution in [0.25, 0.3) is 5.65 Å². The Labute approximate surface area is 149 Å². The number of pyridine rings is 1. The van der Waals surface area contributed by atoms with Gasteiger partial charge in [-0.1, -0.05) is 6.07 Å². The maximum absolute atomic E-state index is 12.2. The van der Waals surface area contributed by atoms with Crippen molar-refractivity contribution in [2.75, 3.05) is 5.32 Å². The number of anilines is 1. The number of amides is 1. The summed E-state index contributed by atoms with van der Waals surface area (Å²) >= 11 is 2.27. The van der Waals surface area contributed by atoms with E-state index in [-0.39, 0.29) is 5.91 Å². The maximum Gasteiger partial charge on any atom is 0.224 e. The van der Waals surface area contributed by atoms with Crippen LogP contribution in [0.1, 0.15) is 23.4 Å². The number of aromatic nitrogens is 2. The lowest BCUT2D eigenvalue weighted by molar-refractivity contribution is -0.116. The van der Waals surface area contributed by atoms with E-state index >= 15 is 0 Å². The average Bonchev–Trinajstić information content (AvgIpc) is 2.83. The highest BCUT2D eigenvalue weighted by molar-refractivity contribution is 14.1. The number of hydrogen-bond donors (Lipinski definition) is 1. The number of benzene rings is 1. The van der Waals surface area contributed by atoms with Gasteiger partial charge < -0.3 is 9.72 Å². The number of halogens is 1.